The number of aryl methyl sites for hydroxylation is 1. The maximum Gasteiger partial charge on any atom is 0.354 e. The molecule has 11 nitrogen and oxygen atoms in total. The van der Waals surface area contributed by atoms with Gasteiger partial charge in [0.1, 0.15) is 5.82 Å². The van der Waals surface area contributed by atoms with Crippen LogP contribution in [0.5, 0.6) is 0 Å². The van der Waals surface area contributed by atoms with Crippen molar-refractivity contribution in [2.75, 3.05) is 57.7 Å². The minimum absolute atomic E-state index is 0.139. The number of carbonyl (C=O) groups excluding carboxylic acids is 2. The van der Waals surface area contributed by atoms with E-state index in [-0.39, 0.29) is 17.8 Å². The molecule has 1 saturated carbocycles. The second-order valence-electron chi connectivity index (χ2n) is 11.9. The van der Waals surface area contributed by atoms with Crippen molar-refractivity contribution >= 4 is 17.8 Å². The number of hydrogen-bond donors (Lipinski definition) is 3. The smallest absolute Gasteiger partial charge is 0.338 e. The van der Waals surface area contributed by atoms with E-state index in [1.54, 1.807) is 35.9 Å². The SMILES string of the molecule is CC(C)(N)C(=O)N1CCN(C(=O)Nc2ccn(-c3ccc(CCCN4CC5CC5(CN)C4)cc3)c(=O)n2)CC1. The predicted octanol–water partition coefficient (Wildman–Crippen LogP) is 0.859. The zero-order chi connectivity index (χ0) is 27.8. The summed E-state index contributed by atoms with van der Waals surface area (Å²) in [5, 5.41) is 2.70. The van der Waals surface area contributed by atoms with Crippen molar-refractivity contribution in [3.8, 4) is 5.69 Å². The molecular weight excluding hydrogens is 496 g/mol. The zero-order valence-corrected chi connectivity index (χ0v) is 22.9. The van der Waals surface area contributed by atoms with Crippen LogP contribution in [0.15, 0.2) is 41.3 Å². The van der Waals surface area contributed by atoms with Gasteiger partial charge < -0.3 is 26.2 Å². The number of aromatic nitrogens is 2. The van der Waals surface area contributed by atoms with Gasteiger partial charge >= 0.3 is 11.7 Å². The van der Waals surface area contributed by atoms with Gasteiger partial charge in [-0.25, -0.2) is 9.59 Å². The second kappa shape index (κ2) is 10.7. The lowest BCUT2D eigenvalue weighted by Crippen LogP contribution is -2.58. The van der Waals surface area contributed by atoms with Crippen LogP contribution in [0.25, 0.3) is 5.69 Å². The number of nitrogens with one attached hydrogen (secondary N) is 1. The Morgan fingerprint density at radius 1 is 1.10 bits per heavy atom. The van der Waals surface area contributed by atoms with E-state index in [9.17, 15) is 14.4 Å². The Balaban J connectivity index is 1.10. The Kier molecular flexibility index (Phi) is 7.49. The van der Waals surface area contributed by atoms with Crippen LogP contribution in [0.4, 0.5) is 10.6 Å². The van der Waals surface area contributed by atoms with Gasteiger partial charge in [-0.05, 0) is 81.3 Å². The molecule has 5 N–H and O–H groups in total. The van der Waals surface area contributed by atoms with Crippen LogP contribution in [0.1, 0.15) is 32.3 Å². The number of piperidine rings is 1. The van der Waals surface area contributed by atoms with Gasteiger partial charge in [-0.2, -0.15) is 4.98 Å². The van der Waals surface area contributed by atoms with Crippen LogP contribution in [0.2, 0.25) is 0 Å². The Morgan fingerprint density at radius 2 is 1.79 bits per heavy atom. The monoisotopic (exact) mass is 536 g/mol. The van der Waals surface area contributed by atoms with E-state index in [4.69, 9.17) is 11.5 Å². The van der Waals surface area contributed by atoms with E-state index in [2.05, 4.69) is 27.3 Å². The molecule has 2 atom stereocenters. The number of carbonyl (C=O) groups is 2. The Morgan fingerprint density at radius 3 is 2.41 bits per heavy atom. The number of likely N-dealkylation sites (tertiary alicyclic amines) is 1. The lowest BCUT2D eigenvalue weighted by atomic mass is 10.1. The first-order valence-corrected chi connectivity index (χ1v) is 13.8. The molecule has 1 aromatic heterocycles. The molecule has 39 heavy (non-hydrogen) atoms. The number of benzene rings is 1. The largest absolute Gasteiger partial charge is 0.354 e. The zero-order valence-electron chi connectivity index (χ0n) is 22.9. The highest BCUT2D eigenvalue weighted by Gasteiger charge is 2.58. The summed E-state index contributed by atoms with van der Waals surface area (Å²) in [7, 11) is 0. The summed E-state index contributed by atoms with van der Waals surface area (Å²) in [6.45, 7) is 9.16. The van der Waals surface area contributed by atoms with E-state index >= 15 is 0 Å². The van der Waals surface area contributed by atoms with Gasteiger partial charge in [0.25, 0.3) is 0 Å². The molecule has 5 rings (SSSR count). The van der Waals surface area contributed by atoms with Gasteiger partial charge in [0, 0.05) is 45.5 Å². The molecule has 3 fully saturated rings. The summed E-state index contributed by atoms with van der Waals surface area (Å²) in [4.78, 5) is 47.6. The van der Waals surface area contributed by atoms with Gasteiger partial charge in [0.2, 0.25) is 5.91 Å². The molecule has 1 aliphatic carbocycles. The standard InChI is InChI=1S/C28H40N8O3/c1-27(2,30)24(37)34-12-14-35(15-13-34)25(38)31-23-9-11-36(26(39)32-23)22-7-5-20(6-8-22)4-3-10-33-17-21-16-28(21,18-29)19-33/h5-9,11,21H,3-4,10,12-19,29-30H2,1-2H3,(H,31,32,38,39). The number of rotatable bonds is 8. The summed E-state index contributed by atoms with van der Waals surface area (Å²) in [5.41, 5.74) is 12.8. The summed E-state index contributed by atoms with van der Waals surface area (Å²) < 4.78 is 1.46. The van der Waals surface area contributed by atoms with Gasteiger partial charge in [-0.1, -0.05) is 12.1 Å². The molecule has 2 saturated heterocycles. The minimum atomic E-state index is -0.943. The Hall–Kier alpha value is -3.28. The highest BCUT2D eigenvalue weighted by atomic mass is 16.2. The molecule has 0 spiro atoms. The van der Waals surface area contributed by atoms with Crippen LogP contribution >= 0.6 is 0 Å². The number of nitrogens with zero attached hydrogens (tertiary/aromatic N) is 5. The molecule has 3 aliphatic rings. The maximum absolute atomic E-state index is 12.7. The van der Waals surface area contributed by atoms with Crippen LogP contribution < -0.4 is 22.5 Å². The fourth-order valence-electron chi connectivity index (χ4n) is 5.90. The van der Waals surface area contributed by atoms with Gasteiger partial charge in [-0.3, -0.25) is 14.7 Å². The van der Waals surface area contributed by atoms with Crippen molar-refractivity contribution in [2.45, 2.75) is 38.6 Å². The normalized spacial score (nSPS) is 23.0. The average molecular weight is 537 g/mol. The quantitative estimate of drug-likeness (QED) is 0.454. The summed E-state index contributed by atoms with van der Waals surface area (Å²) in [6, 6.07) is 9.21. The van der Waals surface area contributed by atoms with E-state index < -0.39 is 11.2 Å². The van der Waals surface area contributed by atoms with Crippen molar-refractivity contribution in [1.29, 1.82) is 0 Å². The number of nitrogens with two attached hydrogens (primary N) is 2. The summed E-state index contributed by atoms with van der Waals surface area (Å²) in [6.07, 6.45) is 5.00. The molecule has 0 radical (unpaired) electrons. The lowest BCUT2D eigenvalue weighted by Gasteiger charge is -2.37. The number of fused-ring (bicyclic) bond motifs is 1. The highest BCUT2D eigenvalue weighted by molar-refractivity contribution is 5.89. The van der Waals surface area contributed by atoms with Crippen LogP contribution in [-0.2, 0) is 11.2 Å². The molecule has 2 unspecified atom stereocenters. The molecule has 11 heteroatoms. The highest BCUT2D eigenvalue weighted by Crippen LogP contribution is 2.56. The topological polar surface area (TPSA) is 143 Å². The van der Waals surface area contributed by atoms with Gasteiger partial charge in [0.05, 0.1) is 11.2 Å². The predicted molar refractivity (Wildman–Crippen MR) is 150 cm³/mol. The van der Waals surface area contributed by atoms with E-state index in [0.29, 0.717) is 31.6 Å². The molecule has 3 amide bonds. The molecule has 0 bridgehead atoms. The van der Waals surface area contributed by atoms with E-state index in [1.165, 1.54) is 23.1 Å². The molecule has 3 heterocycles. The number of amides is 3. The molecule has 2 aromatic rings. The van der Waals surface area contributed by atoms with E-state index in [0.717, 1.165) is 44.1 Å². The van der Waals surface area contributed by atoms with Crippen LogP contribution in [0.3, 0.4) is 0 Å². The number of anilines is 1. The van der Waals surface area contributed by atoms with Gasteiger partial charge in [-0.15, -0.1) is 0 Å². The maximum atomic E-state index is 12.7. The molecule has 1 aromatic carbocycles. The number of urea groups is 1. The minimum Gasteiger partial charge on any atom is -0.338 e. The lowest BCUT2D eigenvalue weighted by molar-refractivity contribution is -0.137. The first kappa shape index (κ1) is 27.3. The van der Waals surface area contributed by atoms with Crippen molar-refractivity contribution in [1.82, 2.24) is 24.3 Å². The second-order valence-corrected chi connectivity index (χ2v) is 11.9. The first-order valence-electron chi connectivity index (χ1n) is 13.8. The molecular formula is C28H40N8O3. The van der Waals surface area contributed by atoms with Gasteiger partial charge in [0.15, 0.2) is 0 Å². The third kappa shape index (κ3) is 6.00. The third-order valence-corrected chi connectivity index (χ3v) is 8.38. The Bertz CT molecular complexity index is 1260. The van der Waals surface area contributed by atoms with Crippen LogP contribution in [0, 0.1) is 11.3 Å². The number of piperazine rings is 1. The van der Waals surface area contributed by atoms with Crippen molar-refractivity contribution in [2.24, 2.45) is 22.8 Å². The number of hydrogen-bond acceptors (Lipinski definition) is 7. The van der Waals surface area contributed by atoms with Crippen molar-refractivity contribution in [3.05, 3.63) is 52.6 Å². The molecule has 210 valence electrons. The molecule has 2 aliphatic heterocycles. The Labute approximate surface area is 229 Å². The first-order chi connectivity index (χ1) is 18.6. The summed E-state index contributed by atoms with van der Waals surface area (Å²) in [5.74, 6) is 0.862. The third-order valence-electron chi connectivity index (χ3n) is 8.38. The fourth-order valence-corrected chi connectivity index (χ4v) is 5.90. The van der Waals surface area contributed by atoms with E-state index in [1.807, 2.05) is 12.1 Å². The van der Waals surface area contributed by atoms with Crippen LogP contribution in [-0.4, -0.2) is 94.1 Å². The average Bonchev–Trinajstić information content (AvgIpc) is 3.48. The van der Waals surface area contributed by atoms with Crippen molar-refractivity contribution in [3.63, 3.8) is 0 Å². The fraction of sp³-hybridized carbons (Fsp3) is 0.571. The summed E-state index contributed by atoms with van der Waals surface area (Å²) >= 11 is 0. The van der Waals surface area contributed by atoms with Crippen molar-refractivity contribution < 1.29 is 9.59 Å².